The van der Waals surface area contributed by atoms with Crippen LogP contribution >= 0.6 is 11.6 Å². The molecule has 0 aliphatic carbocycles. The fourth-order valence-electron chi connectivity index (χ4n) is 2.00. The summed E-state index contributed by atoms with van der Waals surface area (Å²) in [5.41, 5.74) is 0.116. The number of halogens is 2. The maximum absolute atomic E-state index is 13.4. The lowest BCUT2D eigenvalue weighted by Crippen LogP contribution is -2.40. The summed E-state index contributed by atoms with van der Waals surface area (Å²) >= 11 is 5.54. The van der Waals surface area contributed by atoms with Crippen LogP contribution < -0.4 is 5.32 Å². The Morgan fingerprint density at radius 3 is 2.80 bits per heavy atom. The van der Waals surface area contributed by atoms with E-state index in [2.05, 4.69) is 5.32 Å². The van der Waals surface area contributed by atoms with Gasteiger partial charge in [-0.15, -0.1) is 0 Å². The molecule has 1 aliphatic heterocycles. The number of carboxylic acids is 1. The Morgan fingerprint density at radius 2 is 2.25 bits per heavy atom. The molecule has 2 atom stereocenters. The topological polar surface area (TPSA) is 75.6 Å². The summed E-state index contributed by atoms with van der Waals surface area (Å²) in [4.78, 5) is 23.1. The minimum atomic E-state index is -1.33. The van der Waals surface area contributed by atoms with Gasteiger partial charge in [0, 0.05) is 6.61 Å². The number of nitrogens with one attached hydrogen (secondary N) is 1. The van der Waals surface area contributed by atoms with Crippen molar-refractivity contribution < 1.29 is 23.8 Å². The highest BCUT2D eigenvalue weighted by Gasteiger charge is 2.29. The maximum Gasteiger partial charge on any atom is 0.330 e. The molecule has 1 aliphatic rings. The van der Waals surface area contributed by atoms with Crippen LogP contribution in [0.1, 0.15) is 24.4 Å². The standard InChI is InChI=1S/C13H13ClFNO4/c14-8-4-3-7(6-9(8)15)11(13(18)19)16-12(17)10-2-1-5-20-10/h3-4,6,10-11H,1-2,5H2,(H,16,17)(H,18,19). The van der Waals surface area contributed by atoms with Crippen LogP contribution in [0.25, 0.3) is 0 Å². The molecule has 0 spiro atoms. The number of carboxylic acid groups (broad SMARTS) is 1. The first-order valence-electron chi connectivity index (χ1n) is 6.09. The first kappa shape index (κ1) is 14.7. The highest BCUT2D eigenvalue weighted by molar-refractivity contribution is 6.30. The van der Waals surface area contributed by atoms with Crippen molar-refractivity contribution in [3.63, 3.8) is 0 Å². The average molecular weight is 302 g/mol. The number of amides is 1. The number of rotatable bonds is 4. The Morgan fingerprint density at radius 1 is 1.50 bits per heavy atom. The van der Waals surface area contributed by atoms with Gasteiger partial charge in [-0.05, 0) is 30.5 Å². The molecule has 0 bridgehead atoms. The smallest absolute Gasteiger partial charge is 0.330 e. The van der Waals surface area contributed by atoms with Gasteiger partial charge in [0.15, 0.2) is 6.04 Å². The van der Waals surface area contributed by atoms with E-state index >= 15 is 0 Å². The Bertz CT molecular complexity index is 531. The highest BCUT2D eigenvalue weighted by atomic mass is 35.5. The zero-order valence-electron chi connectivity index (χ0n) is 10.4. The minimum Gasteiger partial charge on any atom is -0.479 e. The van der Waals surface area contributed by atoms with E-state index in [4.69, 9.17) is 21.4 Å². The Kier molecular flexibility index (Phi) is 4.57. The largest absolute Gasteiger partial charge is 0.479 e. The van der Waals surface area contributed by atoms with Crippen LogP contribution in [-0.2, 0) is 14.3 Å². The van der Waals surface area contributed by atoms with Gasteiger partial charge in [0.25, 0.3) is 0 Å². The van der Waals surface area contributed by atoms with Gasteiger partial charge in [0.2, 0.25) is 5.91 Å². The third kappa shape index (κ3) is 3.26. The molecule has 1 amide bonds. The van der Waals surface area contributed by atoms with Crippen molar-refractivity contribution in [1.82, 2.24) is 5.32 Å². The molecule has 0 saturated carbocycles. The molecule has 0 radical (unpaired) electrons. The van der Waals surface area contributed by atoms with E-state index in [1.54, 1.807) is 0 Å². The summed E-state index contributed by atoms with van der Waals surface area (Å²) in [7, 11) is 0. The van der Waals surface area contributed by atoms with Crippen molar-refractivity contribution in [1.29, 1.82) is 0 Å². The lowest BCUT2D eigenvalue weighted by atomic mass is 10.1. The van der Waals surface area contributed by atoms with E-state index in [9.17, 15) is 14.0 Å². The molecule has 2 unspecified atom stereocenters. The summed E-state index contributed by atoms with van der Waals surface area (Å²) < 4.78 is 18.6. The molecule has 108 valence electrons. The first-order chi connectivity index (χ1) is 9.49. The van der Waals surface area contributed by atoms with Crippen LogP contribution in [0.4, 0.5) is 4.39 Å². The quantitative estimate of drug-likeness (QED) is 0.890. The van der Waals surface area contributed by atoms with Gasteiger partial charge >= 0.3 is 5.97 Å². The van der Waals surface area contributed by atoms with Crippen molar-refractivity contribution in [3.8, 4) is 0 Å². The molecule has 1 aromatic rings. The molecule has 1 heterocycles. The van der Waals surface area contributed by atoms with Gasteiger partial charge in [0.1, 0.15) is 11.9 Å². The molecule has 7 heteroatoms. The van der Waals surface area contributed by atoms with Crippen LogP contribution in [-0.4, -0.2) is 29.7 Å². The second-order valence-corrected chi connectivity index (χ2v) is 4.86. The molecular formula is C13H13ClFNO4. The normalized spacial score (nSPS) is 19.6. The molecule has 1 fully saturated rings. The lowest BCUT2D eigenvalue weighted by molar-refractivity contribution is -0.143. The van der Waals surface area contributed by atoms with Gasteiger partial charge in [-0.25, -0.2) is 9.18 Å². The van der Waals surface area contributed by atoms with E-state index in [-0.39, 0.29) is 10.6 Å². The van der Waals surface area contributed by atoms with Crippen molar-refractivity contribution in [2.75, 3.05) is 6.61 Å². The molecule has 1 aromatic carbocycles. The molecule has 1 saturated heterocycles. The van der Waals surface area contributed by atoms with Gasteiger partial charge in [-0.2, -0.15) is 0 Å². The van der Waals surface area contributed by atoms with Crippen LogP contribution in [0.3, 0.4) is 0 Å². The number of carbonyl (C=O) groups is 2. The Hall–Kier alpha value is -1.66. The van der Waals surface area contributed by atoms with Crippen LogP contribution in [0, 0.1) is 5.82 Å². The second kappa shape index (κ2) is 6.19. The number of aliphatic carboxylic acids is 1. The van der Waals surface area contributed by atoms with Gasteiger partial charge < -0.3 is 15.2 Å². The maximum atomic E-state index is 13.4. The number of benzene rings is 1. The molecule has 5 nitrogen and oxygen atoms in total. The van der Waals surface area contributed by atoms with Crippen LogP contribution in [0.5, 0.6) is 0 Å². The molecule has 0 aromatic heterocycles. The Balaban J connectivity index is 2.16. The fraction of sp³-hybridized carbons (Fsp3) is 0.385. The van der Waals surface area contributed by atoms with Gasteiger partial charge in [-0.1, -0.05) is 17.7 Å². The third-order valence-electron chi connectivity index (χ3n) is 3.03. The van der Waals surface area contributed by atoms with Crippen molar-refractivity contribution >= 4 is 23.5 Å². The number of hydrogen-bond donors (Lipinski definition) is 2. The monoisotopic (exact) mass is 301 g/mol. The SMILES string of the molecule is O=C(NC(C(=O)O)c1ccc(Cl)c(F)c1)C1CCCO1. The predicted octanol–water partition coefficient (Wildman–Crippen LogP) is 1.90. The average Bonchev–Trinajstić information content (AvgIpc) is 2.93. The van der Waals surface area contributed by atoms with Crippen molar-refractivity contribution in [2.45, 2.75) is 25.0 Å². The summed E-state index contributed by atoms with van der Waals surface area (Å²) in [6.45, 7) is 0.478. The summed E-state index contributed by atoms with van der Waals surface area (Å²) in [6.07, 6.45) is 0.660. The summed E-state index contributed by atoms with van der Waals surface area (Å²) in [5.74, 6) is -2.52. The number of hydrogen-bond acceptors (Lipinski definition) is 3. The van der Waals surface area contributed by atoms with Crippen LogP contribution in [0.2, 0.25) is 5.02 Å². The molecular weight excluding hydrogens is 289 g/mol. The predicted molar refractivity (Wildman–Crippen MR) is 68.9 cm³/mol. The fourth-order valence-corrected chi connectivity index (χ4v) is 2.12. The first-order valence-corrected chi connectivity index (χ1v) is 6.46. The molecule has 20 heavy (non-hydrogen) atoms. The number of carbonyl (C=O) groups excluding carboxylic acids is 1. The Labute approximate surface area is 119 Å². The summed E-state index contributed by atoms with van der Waals surface area (Å²) in [5, 5.41) is 11.4. The van der Waals surface area contributed by atoms with E-state index < -0.39 is 29.8 Å². The van der Waals surface area contributed by atoms with Crippen LogP contribution in [0.15, 0.2) is 18.2 Å². The van der Waals surface area contributed by atoms with Crippen molar-refractivity contribution in [2.24, 2.45) is 0 Å². The van der Waals surface area contributed by atoms with E-state index in [1.807, 2.05) is 0 Å². The van der Waals surface area contributed by atoms with Gasteiger partial charge in [-0.3, -0.25) is 4.79 Å². The lowest BCUT2D eigenvalue weighted by Gasteiger charge is -2.17. The zero-order valence-corrected chi connectivity index (χ0v) is 11.2. The second-order valence-electron chi connectivity index (χ2n) is 4.46. The van der Waals surface area contributed by atoms with Gasteiger partial charge in [0.05, 0.1) is 5.02 Å². The molecule has 2 rings (SSSR count). The highest BCUT2D eigenvalue weighted by Crippen LogP contribution is 2.21. The third-order valence-corrected chi connectivity index (χ3v) is 3.34. The summed E-state index contributed by atoms with van der Waals surface area (Å²) in [6, 6.07) is 2.27. The van der Waals surface area contributed by atoms with E-state index in [0.29, 0.717) is 13.0 Å². The molecule has 2 N–H and O–H groups in total. The minimum absolute atomic E-state index is 0.108. The van der Waals surface area contributed by atoms with E-state index in [0.717, 1.165) is 12.5 Å². The van der Waals surface area contributed by atoms with E-state index in [1.165, 1.54) is 12.1 Å². The number of ether oxygens (including phenoxy) is 1. The zero-order chi connectivity index (χ0) is 14.7. The van der Waals surface area contributed by atoms with Crippen molar-refractivity contribution in [3.05, 3.63) is 34.6 Å².